The van der Waals surface area contributed by atoms with Crippen molar-refractivity contribution in [3.8, 4) is 0 Å². The number of rotatable bonds is 2. The van der Waals surface area contributed by atoms with Gasteiger partial charge in [0.05, 0.1) is 44.1 Å². The molecular formula is C23H24N4. The maximum atomic E-state index is 3.65. The normalized spacial score (nSPS) is 11.8. The molecule has 0 amide bonds. The molecule has 0 aliphatic rings. The van der Waals surface area contributed by atoms with E-state index in [1.54, 1.807) is 0 Å². The van der Waals surface area contributed by atoms with Crippen molar-refractivity contribution in [2.24, 2.45) is 7.05 Å². The Hall–Kier alpha value is -3.14. The molecule has 136 valence electrons. The number of aryl methyl sites for hydroxylation is 3. The zero-order valence-electron chi connectivity index (χ0n) is 16.0. The van der Waals surface area contributed by atoms with Crippen LogP contribution in [0.25, 0.3) is 44.1 Å². The highest BCUT2D eigenvalue weighted by Crippen LogP contribution is 2.28. The smallest absolute Gasteiger partial charge is 0.0674 e. The molecule has 0 bridgehead atoms. The van der Waals surface area contributed by atoms with E-state index in [1.165, 1.54) is 44.1 Å². The van der Waals surface area contributed by atoms with Crippen LogP contribution in [-0.4, -0.2) is 18.7 Å². The zero-order chi connectivity index (χ0) is 18.5. The third-order valence-corrected chi connectivity index (χ3v) is 5.67. The second kappa shape index (κ2) is 5.95. The van der Waals surface area contributed by atoms with Crippen molar-refractivity contribution in [2.75, 3.05) is 0 Å². The number of H-pyrrole nitrogens is 1. The van der Waals surface area contributed by atoms with Crippen LogP contribution in [0.5, 0.6) is 0 Å². The third-order valence-electron chi connectivity index (χ3n) is 5.67. The summed E-state index contributed by atoms with van der Waals surface area (Å²) in [5, 5.41) is 0. The van der Waals surface area contributed by atoms with E-state index in [2.05, 4.69) is 100 Å². The minimum atomic E-state index is 0.933. The Morgan fingerprint density at radius 3 is 2.00 bits per heavy atom. The Morgan fingerprint density at radius 2 is 1.26 bits per heavy atom. The highest BCUT2D eigenvalue weighted by atomic mass is 15.1. The van der Waals surface area contributed by atoms with Crippen molar-refractivity contribution in [2.45, 2.75) is 26.9 Å². The Kier molecular flexibility index (Phi) is 3.54. The lowest BCUT2D eigenvalue weighted by Crippen LogP contribution is -2.09. The van der Waals surface area contributed by atoms with E-state index in [-0.39, 0.29) is 0 Å². The van der Waals surface area contributed by atoms with E-state index in [9.17, 15) is 0 Å². The molecule has 1 N–H and O–H groups in total. The number of para-hydroxylation sites is 4. The number of hydrogen-bond acceptors (Lipinski definition) is 0. The molecule has 0 spiro atoms. The minimum Gasteiger partial charge on any atom is -0.352 e. The Balaban J connectivity index is 2.04. The highest BCUT2D eigenvalue weighted by molar-refractivity contribution is 5.98. The van der Waals surface area contributed by atoms with Crippen molar-refractivity contribution in [1.82, 2.24) is 18.7 Å². The van der Waals surface area contributed by atoms with Crippen LogP contribution in [0.2, 0.25) is 0 Å². The van der Waals surface area contributed by atoms with Crippen LogP contribution < -0.4 is 0 Å². The summed E-state index contributed by atoms with van der Waals surface area (Å²) in [4.78, 5) is 3.65. The van der Waals surface area contributed by atoms with Gasteiger partial charge in [-0.15, -0.1) is 0 Å². The topological polar surface area (TPSA) is 30.6 Å². The molecule has 4 nitrogen and oxygen atoms in total. The van der Waals surface area contributed by atoms with E-state index in [4.69, 9.17) is 0 Å². The lowest BCUT2D eigenvalue weighted by molar-refractivity contribution is 0.805. The monoisotopic (exact) mass is 356 g/mol. The van der Waals surface area contributed by atoms with Gasteiger partial charge in [-0.1, -0.05) is 24.3 Å². The van der Waals surface area contributed by atoms with Gasteiger partial charge in [0.15, 0.2) is 0 Å². The standard InChI is InChI=1S/C23H24N4/c1-4-26-18-11-7-6-10-16(18)24-17-14-23-22(15-21(17)26)25(3)19-12-8-9-13-20(19)27(23)5-2/h6-15,24H,4-5H2,1-3H3. The molecule has 0 saturated heterocycles. The SMILES string of the molecule is CCn1c2ccccc2[nH]c2cc3c(cc21)n(C)c1ccccc1n3CC. The van der Waals surface area contributed by atoms with Crippen LogP contribution >= 0.6 is 0 Å². The van der Waals surface area contributed by atoms with Gasteiger partial charge in [0.25, 0.3) is 0 Å². The van der Waals surface area contributed by atoms with Crippen LogP contribution in [0.1, 0.15) is 13.8 Å². The fourth-order valence-corrected chi connectivity index (χ4v) is 4.38. The van der Waals surface area contributed by atoms with Crippen LogP contribution in [-0.2, 0) is 20.1 Å². The van der Waals surface area contributed by atoms with Gasteiger partial charge in [0.2, 0.25) is 0 Å². The van der Waals surface area contributed by atoms with Crippen molar-refractivity contribution in [3.05, 3.63) is 60.7 Å². The fraction of sp³-hybridized carbons (Fsp3) is 0.217. The highest BCUT2D eigenvalue weighted by Gasteiger charge is 2.12. The number of aromatic nitrogens is 4. The van der Waals surface area contributed by atoms with Gasteiger partial charge in [-0.3, -0.25) is 0 Å². The number of nitrogens with zero attached hydrogens (tertiary/aromatic N) is 3. The molecule has 0 aliphatic heterocycles. The molecule has 5 aromatic rings. The first-order chi connectivity index (χ1) is 13.2. The Bertz CT molecular complexity index is 1360. The van der Waals surface area contributed by atoms with Gasteiger partial charge in [0, 0.05) is 20.1 Å². The number of benzene rings is 3. The van der Waals surface area contributed by atoms with Crippen molar-refractivity contribution < 1.29 is 0 Å². The van der Waals surface area contributed by atoms with E-state index in [0.717, 1.165) is 13.1 Å². The molecule has 0 unspecified atom stereocenters. The number of fused-ring (bicyclic) bond motifs is 4. The molecule has 27 heavy (non-hydrogen) atoms. The maximum absolute atomic E-state index is 3.65. The summed E-state index contributed by atoms with van der Waals surface area (Å²) in [5.74, 6) is 0. The van der Waals surface area contributed by atoms with Gasteiger partial charge in [-0.25, -0.2) is 0 Å². The van der Waals surface area contributed by atoms with E-state index in [1.807, 2.05) is 0 Å². The van der Waals surface area contributed by atoms with Gasteiger partial charge >= 0.3 is 0 Å². The maximum Gasteiger partial charge on any atom is 0.0674 e. The number of nitrogens with one attached hydrogen (secondary N) is 1. The second-order valence-electron chi connectivity index (χ2n) is 7.04. The minimum absolute atomic E-state index is 0.933. The Labute approximate surface area is 157 Å². The zero-order valence-corrected chi connectivity index (χ0v) is 16.0. The van der Waals surface area contributed by atoms with Crippen molar-refractivity contribution in [3.63, 3.8) is 0 Å². The van der Waals surface area contributed by atoms with Crippen LogP contribution in [0.15, 0.2) is 60.7 Å². The lowest BCUT2D eigenvalue weighted by Gasteiger charge is -2.21. The predicted molar refractivity (Wildman–Crippen MR) is 115 cm³/mol. The van der Waals surface area contributed by atoms with Gasteiger partial charge in [-0.05, 0) is 50.2 Å². The Morgan fingerprint density at radius 1 is 0.630 bits per heavy atom. The first kappa shape index (κ1) is 16.1. The summed E-state index contributed by atoms with van der Waals surface area (Å²) >= 11 is 0. The molecule has 0 fully saturated rings. The first-order valence-corrected chi connectivity index (χ1v) is 9.64. The largest absolute Gasteiger partial charge is 0.352 e. The summed E-state index contributed by atoms with van der Waals surface area (Å²) in [6.07, 6.45) is 0. The molecular weight excluding hydrogens is 332 g/mol. The number of hydrogen-bond donors (Lipinski definition) is 1. The van der Waals surface area contributed by atoms with Gasteiger partial charge < -0.3 is 18.7 Å². The molecule has 3 aromatic carbocycles. The molecule has 2 heterocycles. The molecule has 5 rings (SSSR count). The summed E-state index contributed by atoms with van der Waals surface area (Å²) in [6.45, 7) is 6.29. The first-order valence-electron chi connectivity index (χ1n) is 9.64. The summed E-state index contributed by atoms with van der Waals surface area (Å²) in [5.41, 5.74) is 9.81. The summed E-state index contributed by atoms with van der Waals surface area (Å²) in [7, 11) is 2.16. The lowest BCUT2D eigenvalue weighted by atomic mass is 10.1. The molecule has 4 heteroatoms. The summed E-state index contributed by atoms with van der Waals surface area (Å²) < 4.78 is 7.11. The predicted octanol–water partition coefficient (Wildman–Crippen LogP) is 5.73. The van der Waals surface area contributed by atoms with Crippen molar-refractivity contribution in [1.29, 1.82) is 0 Å². The van der Waals surface area contributed by atoms with Gasteiger partial charge in [0.1, 0.15) is 0 Å². The molecule has 2 aromatic heterocycles. The van der Waals surface area contributed by atoms with Crippen LogP contribution in [0, 0.1) is 0 Å². The van der Waals surface area contributed by atoms with Crippen LogP contribution in [0.4, 0.5) is 0 Å². The second-order valence-corrected chi connectivity index (χ2v) is 7.04. The quantitative estimate of drug-likeness (QED) is 0.391. The number of aromatic amines is 1. The van der Waals surface area contributed by atoms with Gasteiger partial charge in [-0.2, -0.15) is 0 Å². The fourth-order valence-electron chi connectivity index (χ4n) is 4.38. The van der Waals surface area contributed by atoms with E-state index >= 15 is 0 Å². The molecule has 0 atom stereocenters. The van der Waals surface area contributed by atoms with E-state index in [0.29, 0.717) is 0 Å². The molecule has 0 saturated carbocycles. The van der Waals surface area contributed by atoms with Crippen molar-refractivity contribution >= 4 is 44.1 Å². The van der Waals surface area contributed by atoms with E-state index < -0.39 is 0 Å². The summed E-state index contributed by atoms with van der Waals surface area (Å²) in [6, 6.07) is 21.8. The molecule has 0 radical (unpaired) electrons. The average Bonchev–Trinajstić information content (AvgIpc) is 2.71. The third kappa shape index (κ3) is 2.23. The molecule has 0 aliphatic carbocycles. The average molecular weight is 356 g/mol. The van der Waals surface area contributed by atoms with Crippen LogP contribution in [0.3, 0.4) is 0 Å².